The van der Waals surface area contributed by atoms with Crippen LogP contribution in [0.1, 0.15) is 54.7 Å². The van der Waals surface area contributed by atoms with Crippen LogP contribution in [-0.2, 0) is 14.4 Å². The fourth-order valence-electron chi connectivity index (χ4n) is 3.79. The molecule has 1 aromatic heterocycles. The first-order valence-corrected chi connectivity index (χ1v) is 10.3. The summed E-state index contributed by atoms with van der Waals surface area (Å²) in [6.07, 6.45) is 3.36. The molecule has 0 unspecified atom stereocenters. The van der Waals surface area contributed by atoms with Gasteiger partial charge in [-0.3, -0.25) is 19.2 Å². The Morgan fingerprint density at radius 2 is 2.00 bits per heavy atom. The maximum atomic E-state index is 12.6. The fourth-order valence-corrected chi connectivity index (χ4v) is 3.79. The van der Waals surface area contributed by atoms with Gasteiger partial charge in [-0.1, -0.05) is 6.42 Å². The van der Waals surface area contributed by atoms with Crippen molar-refractivity contribution in [3.05, 3.63) is 11.4 Å². The Balaban J connectivity index is 0.00000107. The highest BCUT2D eigenvalue weighted by Gasteiger charge is 2.32. The highest BCUT2D eigenvalue weighted by molar-refractivity contribution is 5.93. The summed E-state index contributed by atoms with van der Waals surface area (Å²) < 4.78 is 0. The molecule has 2 aliphatic heterocycles. The lowest BCUT2D eigenvalue weighted by Gasteiger charge is -2.35. The van der Waals surface area contributed by atoms with E-state index in [2.05, 4.69) is 20.7 Å². The predicted molar refractivity (Wildman–Crippen MR) is 108 cm³/mol. The van der Waals surface area contributed by atoms with Crippen molar-refractivity contribution in [1.82, 2.24) is 30.5 Å². The monoisotopic (exact) mass is 438 g/mol. The first-order valence-electron chi connectivity index (χ1n) is 10.3. The van der Waals surface area contributed by atoms with Crippen LogP contribution in [0.5, 0.6) is 0 Å². The van der Waals surface area contributed by atoms with E-state index >= 15 is 0 Å². The second kappa shape index (κ2) is 12.0. The van der Waals surface area contributed by atoms with Gasteiger partial charge in [0.2, 0.25) is 11.8 Å². The summed E-state index contributed by atoms with van der Waals surface area (Å²) in [5.41, 5.74) is 0.714. The minimum Gasteiger partial charge on any atom is -0.483 e. The van der Waals surface area contributed by atoms with Crippen molar-refractivity contribution in [3.63, 3.8) is 0 Å². The van der Waals surface area contributed by atoms with Crippen LogP contribution in [0.4, 0.5) is 0 Å². The molecule has 0 aliphatic carbocycles. The van der Waals surface area contributed by atoms with Crippen LogP contribution >= 0.6 is 0 Å². The van der Waals surface area contributed by atoms with Crippen LogP contribution in [0.2, 0.25) is 0 Å². The van der Waals surface area contributed by atoms with E-state index in [4.69, 9.17) is 9.90 Å². The lowest BCUT2D eigenvalue weighted by Crippen LogP contribution is -2.54. The van der Waals surface area contributed by atoms with Gasteiger partial charge in [-0.15, -0.1) is 0 Å². The Hall–Kier alpha value is -3.02. The van der Waals surface area contributed by atoms with Crippen molar-refractivity contribution in [1.29, 1.82) is 0 Å². The van der Waals surface area contributed by atoms with Crippen LogP contribution in [0.3, 0.4) is 0 Å². The molecule has 31 heavy (non-hydrogen) atoms. The van der Waals surface area contributed by atoms with Gasteiger partial charge in [-0.05, 0) is 26.2 Å². The summed E-state index contributed by atoms with van der Waals surface area (Å²) in [6, 6.07) is -0.341. The number of carbonyl (C=O) groups excluding carboxylic acids is 3. The number of aliphatic hydroxyl groups excluding tert-OH is 1. The van der Waals surface area contributed by atoms with Crippen LogP contribution in [0.25, 0.3) is 0 Å². The van der Waals surface area contributed by atoms with Gasteiger partial charge in [0.15, 0.2) is 5.69 Å². The number of nitrogens with zero attached hydrogens (tertiary/aromatic N) is 4. The summed E-state index contributed by atoms with van der Waals surface area (Å²) in [4.78, 5) is 48.6. The van der Waals surface area contributed by atoms with Gasteiger partial charge in [-0.25, -0.2) is 0 Å². The van der Waals surface area contributed by atoms with E-state index in [0.29, 0.717) is 38.2 Å². The minimum atomic E-state index is -0.720. The molecule has 0 aromatic carbocycles. The molecule has 3 heterocycles. The Labute approximate surface area is 180 Å². The number of aromatic nitrogens is 3. The van der Waals surface area contributed by atoms with Gasteiger partial charge < -0.3 is 25.3 Å². The van der Waals surface area contributed by atoms with Gasteiger partial charge >= 0.3 is 0 Å². The molecule has 12 nitrogen and oxygen atoms in total. The molecule has 3 rings (SSSR count). The summed E-state index contributed by atoms with van der Waals surface area (Å²) in [5, 5.41) is 30.0. The largest absolute Gasteiger partial charge is 0.483 e. The second-order valence-electron chi connectivity index (χ2n) is 7.67. The molecule has 4 N–H and O–H groups in total. The highest BCUT2D eigenvalue weighted by atomic mass is 16.3. The van der Waals surface area contributed by atoms with Crippen molar-refractivity contribution < 1.29 is 29.4 Å². The first-order chi connectivity index (χ1) is 14.8. The van der Waals surface area contributed by atoms with Crippen molar-refractivity contribution in [2.75, 3.05) is 26.2 Å². The van der Waals surface area contributed by atoms with E-state index < -0.39 is 6.10 Å². The fraction of sp³-hybridized carbons (Fsp3) is 0.684. The highest BCUT2D eigenvalue weighted by Crippen LogP contribution is 2.15. The average molecular weight is 438 g/mol. The number of carboxylic acid groups (broad SMARTS) is 1. The lowest BCUT2D eigenvalue weighted by molar-refractivity contribution is -0.131. The van der Waals surface area contributed by atoms with Crippen LogP contribution < -0.4 is 5.32 Å². The molecule has 2 saturated heterocycles. The second-order valence-corrected chi connectivity index (χ2v) is 7.67. The number of hydrogen-bond donors (Lipinski definition) is 4. The van der Waals surface area contributed by atoms with Crippen LogP contribution in [-0.4, -0.2) is 97.9 Å². The molecule has 12 heteroatoms. The Morgan fingerprint density at radius 3 is 2.68 bits per heavy atom. The number of rotatable bonds is 5. The summed E-state index contributed by atoms with van der Waals surface area (Å²) in [7, 11) is 0. The number of hydrogen-bond acceptors (Lipinski definition) is 7. The SMILES string of the molecule is Cc1n[nH]nc1C(=O)N1C[C@H](O)C[C@H](NC(=O)CCN2CCCCCC2=O)C1.O=CO. The molecule has 2 aliphatic rings. The van der Waals surface area contributed by atoms with E-state index in [1.54, 1.807) is 11.8 Å². The first kappa shape index (κ1) is 24.3. The van der Waals surface area contributed by atoms with Gasteiger partial charge in [0.05, 0.1) is 11.8 Å². The summed E-state index contributed by atoms with van der Waals surface area (Å²) >= 11 is 0. The quantitative estimate of drug-likeness (QED) is 0.437. The van der Waals surface area contributed by atoms with Crippen molar-refractivity contribution in [2.45, 2.75) is 57.6 Å². The predicted octanol–water partition coefficient (Wildman–Crippen LogP) is -0.702. The topological polar surface area (TPSA) is 169 Å². The molecular weight excluding hydrogens is 408 g/mol. The van der Waals surface area contributed by atoms with Crippen molar-refractivity contribution >= 4 is 24.2 Å². The number of aliphatic hydroxyl groups is 1. The molecule has 2 fully saturated rings. The molecule has 0 bridgehead atoms. The van der Waals surface area contributed by atoms with E-state index in [-0.39, 0.29) is 48.9 Å². The third kappa shape index (κ3) is 7.31. The number of β-amino-alcohol motifs (C(OH)–C–C–N with tert-alkyl or cyclic N) is 1. The normalized spacial score (nSPS) is 21.5. The zero-order valence-corrected chi connectivity index (χ0v) is 17.6. The van der Waals surface area contributed by atoms with Gasteiger partial charge in [-0.2, -0.15) is 15.4 Å². The molecule has 2 atom stereocenters. The van der Waals surface area contributed by atoms with Crippen LogP contribution in [0.15, 0.2) is 0 Å². The summed E-state index contributed by atoms with van der Waals surface area (Å²) in [6.45, 7) is 3.03. The smallest absolute Gasteiger partial charge is 0.290 e. The molecular formula is C19H30N6O6. The number of piperidine rings is 1. The Kier molecular flexibility index (Phi) is 9.38. The zero-order chi connectivity index (χ0) is 22.8. The van der Waals surface area contributed by atoms with E-state index in [1.807, 2.05) is 0 Å². The lowest BCUT2D eigenvalue weighted by atomic mass is 10.0. The molecule has 0 radical (unpaired) electrons. The molecule has 0 spiro atoms. The Morgan fingerprint density at radius 1 is 1.26 bits per heavy atom. The number of amides is 3. The van der Waals surface area contributed by atoms with Crippen molar-refractivity contribution in [2.24, 2.45) is 0 Å². The van der Waals surface area contributed by atoms with Gasteiger partial charge in [0.1, 0.15) is 0 Å². The van der Waals surface area contributed by atoms with E-state index in [9.17, 15) is 19.5 Å². The number of aromatic amines is 1. The third-order valence-corrected chi connectivity index (χ3v) is 5.29. The molecule has 3 amide bonds. The van der Waals surface area contributed by atoms with E-state index in [0.717, 1.165) is 19.3 Å². The van der Waals surface area contributed by atoms with Crippen LogP contribution in [0, 0.1) is 6.92 Å². The third-order valence-electron chi connectivity index (χ3n) is 5.29. The number of H-pyrrole nitrogens is 1. The number of likely N-dealkylation sites (tertiary alicyclic amines) is 2. The maximum absolute atomic E-state index is 12.6. The van der Waals surface area contributed by atoms with Crippen molar-refractivity contribution in [3.8, 4) is 0 Å². The minimum absolute atomic E-state index is 0.109. The number of carbonyl (C=O) groups is 4. The average Bonchev–Trinajstić information content (AvgIpc) is 3.04. The van der Waals surface area contributed by atoms with Gasteiger partial charge in [0, 0.05) is 45.1 Å². The Bertz CT molecular complexity index is 769. The van der Waals surface area contributed by atoms with Gasteiger partial charge in [0.25, 0.3) is 12.4 Å². The summed E-state index contributed by atoms with van der Waals surface area (Å²) in [5.74, 6) is -0.390. The number of nitrogens with one attached hydrogen (secondary N) is 2. The maximum Gasteiger partial charge on any atom is 0.290 e. The zero-order valence-electron chi connectivity index (χ0n) is 17.6. The van der Waals surface area contributed by atoms with E-state index in [1.165, 1.54) is 4.90 Å². The molecule has 1 aromatic rings. The molecule has 172 valence electrons. The number of aryl methyl sites for hydroxylation is 1. The standard InChI is InChI=1S/C18H28N6O4.CH2O2/c1-12-17(21-22-20-12)18(28)24-10-13(9-14(25)11-24)19-15(26)6-8-23-7-4-2-3-5-16(23)27;2-1-3/h13-14,25H,2-11H2,1H3,(H,19,26)(H,20,21,22);1H,(H,2,3)/t13-,14+;/m0./s1. The molecule has 0 saturated carbocycles.